The van der Waals surface area contributed by atoms with Crippen molar-refractivity contribution in [2.75, 3.05) is 11.9 Å². The van der Waals surface area contributed by atoms with E-state index in [-0.39, 0.29) is 5.92 Å². The third-order valence-electron chi connectivity index (χ3n) is 3.38. The molecule has 5 nitrogen and oxygen atoms in total. The van der Waals surface area contributed by atoms with E-state index in [1.807, 2.05) is 10.7 Å². The topological polar surface area (TPSA) is 55.6 Å². The van der Waals surface area contributed by atoms with E-state index in [2.05, 4.69) is 56.1 Å². The Labute approximate surface area is 126 Å². The summed E-state index contributed by atoms with van der Waals surface area (Å²) in [6, 6.07) is 4.13. The molecule has 0 aliphatic carbocycles. The highest BCUT2D eigenvalue weighted by Gasteiger charge is 2.13. The van der Waals surface area contributed by atoms with Crippen molar-refractivity contribution in [1.29, 1.82) is 0 Å². The van der Waals surface area contributed by atoms with Gasteiger partial charge >= 0.3 is 0 Å². The van der Waals surface area contributed by atoms with Gasteiger partial charge in [-0.15, -0.1) is 0 Å². The van der Waals surface area contributed by atoms with Crippen molar-refractivity contribution in [3.05, 3.63) is 29.3 Å². The molecular weight excluding hydrogens is 262 g/mol. The molecule has 0 radical (unpaired) electrons. The Hall–Kier alpha value is -1.91. The van der Waals surface area contributed by atoms with Gasteiger partial charge in [-0.1, -0.05) is 27.7 Å². The van der Waals surface area contributed by atoms with Crippen LogP contribution in [-0.4, -0.2) is 26.3 Å². The van der Waals surface area contributed by atoms with Gasteiger partial charge in [0.1, 0.15) is 11.6 Å². The standard InChI is InChI=1S/C16H25N5/c1-6-12-9-13(7-2)21(20-12)15-10-14(17-8-3)18-16(19-15)11(4)5/h9-11H,6-8H2,1-5H3,(H,17,18,19). The maximum absolute atomic E-state index is 4.69. The highest BCUT2D eigenvalue weighted by Crippen LogP contribution is 2.18. The van der Waals surface area contributed by atoms with Gasteiger partial charge in [0.15, 0.2) is 5.82 Å². The minimum atomic E-state index is 0.286. The van der Waals surface area contributed by atoms with Crippen LogP contribution in [0.15, 0.2) is 12.1 Å². The zero-order valence-electron chi connectivity index (χ0n) is 13.6. The van der Waals surface area contributed by atoms with Crippen molar-refractivity contribution in [2.24, 2.45) is 0 Å². The zero-order valence-corrected chi connectivity index (χ0v) is 13.6. The summed E-state index contributed by atoms with van der Waals surface area (Å²) in [7, 11) is 0. The first-order chi connectivity index (χ1) is 10.1. The van der Waals surface area contributed by atoms with E-state index in [4.69, 9.17) is 4.98 Å². The largest absolute Gasteiger partial charge is 0.370 e. The summed E-state index contributed by atoms with van der Waals surface area (Å²) in [5.74, 6) is 2.84. The molecule has 2 aromatic heterocycles. The van der Waals surface area contributed by atoms with Crippen LogP contribution in [0.25, 0.3) is 5.82 Å². The van der Waals surface area contributed by atoms with Crippen LogP contribution in [0.2, 0.25) is 0 Å². The molecule has 2 heterocycles. The van der Waals surface area contributed by atoms with E-state index in [1.165, 1.54) is 5.69 Å². The highest BCUT2D eigenvalue weighted by atomic mass is 15.3. The summed E-state index contributed by atoms with van der Waals surface area (Å²) in [6.07, 6.45) is 1.87. The predicted octanol–water partition coefficient (Wildman–Crippen LogP) is 3.34. The average molecular weight is 287 g/mol. The van der Waals surface area contributed by atoms with Crippen molar-refractivity contribution >= 4 is 5.82 Å². The molecule has 114 valence electrons. The number of hydrogen-bond donors (Lipinski definition) is 1. The number of nitrogens with one attached hydrogen (secondary N) is 1. The Kier molecular flexibility index (Phi) is 4.94. The number of hydrogen-bond acceptors (Lipinski definition) is 4. The van der Waals surface area contributed by atoms with Gasteiger partial charge in [-0.2, -0.15) is 5.10 Å². The molecule has 0 spiro atoms. The minimum Gasteiger partial charge on any atom is -0.370 e. The molecule has 0 aromatic carbocycles. The van der Waals surface area contributed by atoms with Gasteiger partial charge in [0.2, 0.25) is 0 Å². The van der Waals surface area contributed by atoms with Crippen molar-refractivity contribution < 1.29 is 0 Å². The molecule has 5 heteroatoms. The summed E-state index contributed by atoms with van der Waals surface area (Å²) >= 11 is 0. The third-order valence-corrected chi connectivity index (χ3v) is 3.38. The van der Waals surface area contributed by atoms with Gasteiger partial charge in [0.05, 0.1) is 5.69 Å². The molecule has 21 heavy (non-hydrogen) atoms. The number of aromatic nitrogens is 4. The van der Waals surface area contributed by atoms with Crippen LogP contribution in [0, 0.1) is 0 Å². The molecule has 0 atom stereocenters. The first kappa shape index (κ1) is 15.5. The minimum absolute atomic E-state index is 0.286. The Morgan fingerprint density at radius 3 is 2.43 bits per heavy atom. The smallest absolute Gasteiger partial charge is 0.159 e. The maximum atomic E-state index is 4.69. The number of rotatable bonds is 6. The Balaban J connectivity index is 2.53. The molecule has 2 rings (SSSR count). The van der Waals surface area contributed by atoms with Gasteiger partial charge in [-0.05, 0) is 25.8 Å². The Morgan fingerprint density at radius 1 is 1.10 bits per heavy atom. The highest BCUT2D eigenvalue weighted by molar-refractivity contribution is 5.42. The Morgan fingerprint density at radius 2 is 1.86 bits per heavy atom. The fraction of sp³-hybridized carbons (Fsp3) is 0.562. The van der Waals surface area contributed by atoms with Crippen molar-refractivity contribution in [3.8, 4) is 5.82 Å². The molecular formula is C16H25N5. The molecule has 0 unspecified atom stereocenters. The van der Waals surface area contributed by atoms with Crippen molar-refractivity contribution in [2.45, 2.75) is 53.4 Å². The average Bonchev–Trinajstić information content (AvgIpc) is 2.90. The van der Waals surface area contributed by atoms with Crippen LogP contribution < -0.4 is 5.32 Å². The molecule has 0 bridgehead atoms. The van der Waals surface area contributed by atoms with Crippen LogP contribution in [0.5, 0.6) is 0 Å². The molecule has 0 saturated carbocycles. The normalized spacial score (nSPS) is 11.1. The Bertz CT molecular complexity index is 601. The quantitative estimate of drug-likeness (QED) is 0.885. The number of nitrogens with zero attached hydrogens (tertiary/aromatic N) is 4. The summed E-state index contributed by atoms with van der Waals surface area (Å²) in [6.45, 7) is 11.4. The van der Waals surface area contributed by atoms with E-state index in [0.717, 1.165) is 42.5 Å². The molecule has 1 N–H and O–H groups in total. The molecule has 0 aliphatic heterocycles. The first-order valence-electron chi connectivity index (χ1n) is 7.80. The summed E-state index contributed by atoms with van der Waals surface area (Å²) in [5.41, 5.74) is 2.28. The lowest BCUT2D eigenvalue weighted by Crippen LogP contribution is -2.11. The molecule has 0 aliphatic rings. The lowest BCUT2D eigenvalue weighted by molar-refractivity contribution is 0.725. The fourth-order valence-corrected chi connectivity index (χ4v) is 2.19. The fourth-order valence-electron chi connectivity index (χ4n) is 2.19. The van der Waals surface area contributed by atoms with Crippen LogP contribution in [0.3, 0.4) is 0 Å². The van der Waals surface area contributed by atoms with Gasteiger partial charge in [-0.25, -0.2) is 14.6 Å². The second kappa shape index (κ2) is 6.70. The van der Waals surface area contributed by atoms with E-state index in [9.17, 15) is 0 Å². The number of aryl methyl sites for hydroxylation is 2. The molecule has 0 fully saturated rings. The van der Waals surface area contributed by atoms with E-state index in [1.54, 1.807) is 0 Å². The van der Waals surface area contributed by atoms with Crippen LogP contribution >= 0.6 is 0 Å². The second-order valence-corrected chi connectivity index (χ2v) is 5.40. The summed E-state index contributed by atoms with van der Waals surface area (Å²) < 4.78 is 1.95. The van der Waals surface area contributed by atoms with Gasteiger partial charge in [-0.3, -0.25) is 0 Å². The van der Waals surface area contributed by atoms with Crippen LogP contribution in [0.1, 0.15) is 57.7 Å². The predicted molar refractivity (Wildman–Crippen MR) is 86.2 cm³/mol. The maximum Gasteiger partial charge on any atom is 0.159 e. The van der Waals surface area contributed by atoms with Gasteiger partial charge in [0, 0.05) is 24.2 Å². The van der Waals surface area contributed by atoms with Crippen molar-refractivity contribution in [3.63, 3.8) is 0 Å². The lowest BCUT2D eigenvalue weighted by atomic mass is 10.2. The number of anilines is 1. The molecule has 2 aromatic rings. The monoisotopic (exact) mass is 287 g/mol. The van der Waals surface area contributed by atoms with Crippen LogP contribution in [0.4, 0.5) is 5.82 Å². The summed E-state index contributed by atoms with van der Waals surface area (Å²) in [5, 5.41) is 7.95. The SMILES string of the molecule is CCNc1cc(-n2nc(CC)cc2CC)nc(C(C)C)n1. The van der Waals surface area contributed by atoms with E-state index >= 15 is 0 Å². The van der Waals surface area contributed by atoms with E-state index in [0.29, 0.717) is 0 Å². The zero-order chi connectivity index (χ0) is 15.4. The van der Waals surface area contributed by atoms with Crippen LogP contribution in [-0.2, 0) is 12.8 Å². The second-order valence-electron chi connectivity index (χ2n) is 5.40. The summed E-state index contributed by atoms with van der Waals surface area (Å²) in [4.78, 5) is 9.26. The molecule has 0 saturated heterocycles. The van der Waals surface area contributed by atoms with Gasteiger partial charge in [0.25, 0.3) is 0 Å². The lowest BCUT2D eigenvalue weighted by Gasteiger charge is -2.12. The third kappa shape index (κ3) is 3.40. The first-order valence-corrected chi connectivity index (χ1v) is 7.80. The van der Waals surface area contributed by atoms with E-state index < -0.39 is 0 Å². The molecule has 0 amide bonds. The van der Waals surface area contributed by atoms with Crippen molar-refractivity contribution in [1.82, 2.24) is 19.7 Å². The van der Waals surface area contributed by atoms with Gasteiger partial charge < -0.3 is 5.32 Å².